The van der Waals surface area contributed by atoms with Crippen LogP contribution in [0.5, 0.6) is 0 Å². The van der Waals surface area contributed by atoms with Crippen molar-refractivity contribution >= 4 is 12.7 Å². The van der Waals surface area contributed by atoms with Crippen LogP contribution in [0.4, 0.5) is 4.39 Å². The molecule has 2 heteroatoms. The summed E-state index contributed by atoms with van der Waals surface area (Å²) < 4.78 is 12.9. The molecule has 1 radical (unpaired) electrons. The van der Waals surface area contributed by atoms with Gasteiger partial charge in [-0.1, -0.05) is 53.5 Å². The van der Waals surface area contributed by atoms with Crippen molar-refractivity contribution in [2.75, 3.05) is 0 Å². The van der Waals surface area contributed by atoms with E-state index in [2.05, 4.69) is 12.1 Å². The molecular formula is C13H11BF. The summed E-state index contributed by atoms with van der Waals surface area (Å²) in [5.41, 5.74) is 2.17. The maximum Gasteiger partial charge on any atom is 0.156 e. The zero-order chi connectivity index (χ0) is 10.5. The molecule has 73 valence electrons. The Labute approximate surface area is 90.0 Å². The first-order valence-electron chi connectivity index (χ1n) is 4.97. The van der Waals surface area contributed by atoms with Crippen molar-refractivity contribution in [2.24, 2.45) is 0 Å². The largest absolute Gasteiger partial charge is 0.207 e. The number of halogens is 1. The molecule has 0 amide bonds. The zero-order valence-corrected chi connectivity index (χ0v) is 8.36. The predicted molar refractivity (Wildman–Crippen MR) is 61.9 cm³/mol. The maximum atomic E-state index is 12.9. The van der Waals surface area contributed by atoms with Crippen LogP contribution in [0.2, 0.25) is 0 Å². The highest BCUT2D eigenvalue weighted by Gasteiger charge is 1.98. The molecule has 15 heavy (non-hydrogen) atoms. The average molecular weight is 197 g/mol. The highest BCUT2D eigenvalue weighted by atomic mass is 19.1. The van der Waals surface area contributed by atoms with Crippen molar-refractivity contribution in [3.05, 3.63) is 66.0 Å². The molecule has 0 atom stereocenters. The van der Waals surface area contributed by atoms with Gasteiger partial charge in [-0.05, 0) is 18.5 Å². The Balaban J connectivity index is 1.99. The molecule has 2 rings (SSSR count). The third kappa shape index (κ3) is 2.95. The van der Waals surface area contributed by atoms with E-state index in [-0.39, 0.29) is 5.82 Å². The van der Waals surface area contributed by atoms with Crippen molar-refractivity contribution in [2.45, 2.75) is 6.32 Å². The second-order valence-corrected chi connectivity index (χ2v) is 3.45. The second-order valence-electron chi connectivity index (χ2n) is 3.45. The number of rotatable bonds is 3. The van der Waals surface area contributed by atoms with Crippen LogP contribution in [0.3, 0.4) is 0 Å². The fourth-order valence-electron chi connectivity index (χ4n) is 1.48. The molecule has 0 heterocycles. The molecule has 0 bridgehead atoms. The van der Waals surface area contributed by atoms with E-state index in [0.29, 0.717) is 0 Å². The van der Waals surface area contributed by atoms with E-state index in [1.165, 1.54) is 11.6 Å². The molecular weight excluding hydrogens is 186 g/mol. The third-order valence-corrected chi connectivity index (χ3v) is 2.26. The van der Waals surface area contributed by atoms with Gasteiger partial charge in [-0.3, -0.25) is 0 Å². The molecule has 0 aliphatic rings. The van der Waals surface area contributed by atoms with Gasteiger partial charge in [0.1, 0.15) is 5.82 Å². The quantitative estimate of drug-likeness (QED) is 0.662. The van der Waals surface area contributed by atoms with Crippen molar-refractivity contribution in [1.82, 2.24) is 0 Å². The molecule has 0 aromatic heterocycles. The summed E-state index contributed by atoms with van der Waals surface area (Å²) in [7, 11) is 2.03. The van der Waals surface area contributed by atoms with Gasteiger partial charge in [0, 0.05) is 0 Å². The number of hydrogen-bond donors (Lipinski definition) is 0. The molecule has 2 aromatic rings. The van der Waals surface area contributed by atoms with E-state index >= 15 is 0 Å². The van der Waals surface area contributed by atoms with Gasteiger partial charge in [0.05, 0.1) is 0 Å². The summed E-state index contributed by atoms with van der Waals surface area (Å²) in [4.78, 5) is 0. The van der Waals surface area contributed by atoms with E-state index in [1.807, 2.05) is 31.5 Å². The zero-order valence-electron chi connectivity index (χ0n) is 8.36. The fraction of sp³-hybridized carbons (Fsp3) is 0.0769. The third-order valence-electron chi connectivity index (χ3n) is 2.26. The lowest BCUT2D eigenvalue weighted by Gasteiger charge is -2.00. The average Bonchev–Trinajstić information content (AvgIpc) is 2.28. The lowest BCUT2D eigenvalue weighted by atomic mass is 9.65. The summed E-state index contributed by atoms with van der Waals surface area (Å²) >= 11 is 0. The van der Waals surface area contributed by atoms with E-state index in [9.17, 15) is 4.39 Å². The van der Waals surface area contributed by atoms with Crippen LogP contribution in [0, 0.1) is 5.82 Å². The first kappa shape index (κ1) is 9.97. The minimum atomic E-state index is -0.184. The highest BCUT2D eigenvalue weighted by Crippen LogP contribution is 1.99. The molecule has 0 N–H and O–H groups in total. The highest BCUT2D eigenvalue weighted by molar-refractivity contribution is 6.52. The van der Waals surface area contributed by atoms with Crippen LogP contribution in [0.25, 0.3) is 0 Å². The number of hydrogen-bond acceptors (Lipinski definition) is 0. The Hall–Kier alpha value is -1.57. The Kier molecular flexibility index (Phi) is 3.18. The fourth-order valence-corrected chi connectivity index (χ4v) is 1.48. The van der Waals surface area contributed by atoms with Crippen molar-refractivity contribution < 1.29 is 4.39 Å². The van der Waals surface area contributed by atoms with Crippen LogP contribution in [0.1, 0.15) is 5.56 Å². The molecule has 0 nitrogen and oxygen atoms in total. The molecule has 0 unspecified atom stereocenters. The minimum absolute atomic E-state index is 0.184. The van der Waals surface area contributed by atoms with Crippen LogP contribution in [-0.4, -0.2) is 7.28 Å². The van der Waals surface area contributed by atoms with Crippen molar-refractivity contribution in [3.63, 3.8) is 0 Å². The van der Waals surface area contributed by atoms with Crippen LogP contribution < -0.4 is 5.46 Å². The van der Waals surface area contributed by atoms with Crippen LogP contribution >= 0.6 is 0 Å². The first-order chi connectivity index (χ1) is 7.34. The van der Waals surface area contributed by atoms with Gasteiger partial charge in [-0.25, -0.2) is 4.39 Å². The summed E-state index contributed by atoms with van der Waals surface area (Å²) in [6, 6.07) is 16.8. The smallest absolute Gasteiger partial charge is 0.156 e. The van der Waals surface area contributed by atoms with E-state index in [1.54, 1.807) is 12.1 Å². The van der Waals surface area contributed by atoms with Crippen LogP contribution in [0.15, 0.2) is 54.6 Å². The van der Waals surface area contributed by atoms with Gasteiger partial charge in [0.2, 0.25) is 0 Å². The topological polar surface area (TPSA) is 0 Å². The van der Waals surface area contributed by atoms with Gasteiger partial charge in [0.15, 0.2) is 7.28 Å². The molecule has 0 spiro atoms. The van der Waals surface area contributed by atoms with E-state index in [4.69, 9.17) is 0 Å². The van der Waals surface area contributed by atoms with Gasteiger partial charge in [-0.2, -0.15) is 0 Å². The van der Waals surface area contributed by atoms with Gasteiger partial charge >= 0.3 is 0 Å². The molecule has 0 aliphatic heterocycles. The molecule has 0 fully saturated rings. The summed E-state index contributed by atoms with van der Waals surface area (Å²) in [5.74, 6) is -0.184. The SMILES string of the molecule is Fc1cccc([B]Cc2ccccc2)c1. The Morgan fingerprint density at radius 1 is 0.933 bits per heavy atom. The van der Waals surface area contributed by atoms with Gasteiger partial charge in [-0.15, -0.1) is 0 Å². The normalized spacial score (nSPS) is 9.93. The first-order valence-corrected chi connectivity index (χ1v) is 4.97. The Bertz CT molecular complexity index is 426. The summed E-state index contributed by atoms with van der Waals surface area (Å²) in [5, 5.41) is 0. The van der Waals surface area contributed by atoms with Crippen molar-refractivity contribution in [3.8, 4) is 0 Å². The van der Waals surface area contributed by atoms with E-state index < -0.39 is 0 Å². The van der Waals surface area contributed by atoms with Crippen molar-refractivity contribution in [1.29, 1.82) is 0 Å². The Morgan fingerprint density at radius 3 is 2.47 bits per heavy atom. The van der Waals surface area contributed by atoms with Gasteiger partial charge < -0.3 is 0 Å². The predicted octanol–water partition coefficient (Wildman–Crippen LogP) is 2.36. The monoisotopic (exact) mass is 197 g/mol. The van der Waals surface area contributed by atoms with E-state index in [0.717, 1.165) is 11.8 Å². The van der Waals surface area contributed by atoms with Gasteiger partial charge in [0.25, 0.3) is 0 Å². The summed E-state index contributed by atoms with van der Waals surface area (Å²) in [6.45, 7) is 0. The second kappa shape index (κ2) is 4.78. The maximum absolute atomic E-state index is 12.9. The Morgan fingerprint density at radius 2 is 1.73 bits per heavy atom. The number of benzene rings is 2. The molecule has 2 aromatic carbocycles. The molecule has 0 saturated carbocycles. The van der Waals surface area contributed by atoms with Crippen LogP contribution in [-0.2, 0) is 6.32 Å². The molecule has 0 saturated heterocycles. The summed E-state index contributed by atoms with van der Waals surface area (Å²) in [6.07, 6.45) is 0.838. The lowest BCUT2D eigenvalue weighted by molar-refractivity contribution is 0.629. The minimum Gasteiger partial charge on any atom is -0.207 e. The lowest BCUT2D eigenvalue weighted by Crippen LogP contribution is -2.16. The molecule has 0 aliphatic carbocycles. The standard InChI is InChI=1S/C13H11BF/c15-13-8-4-7-12(9-13)14-10-11-5-2-1-3-6-11/h1-9H,10H2.